The lowest BCUT2D eigenvalue weighted by Gasteiger charge is -2.23. The van der Waals surface area contributed by atoms with Gasteiger partial charge in [-0.3, -0.25) is 9.69 Å². The fraction of sp³-hybridized carbons (Fsp3) is 0.300. The lowest BCUT2D eigenvalue weighted by Crippen LogP contribution is -2.37. The highest BCUT2D eigenvalue weighted by Gasteiger charge is 2.28. The van der Waals surface area contributed by atoms with Gasteiger partial charge in [0.05, 0.1) is 22.2 Å². The maximum absolute atomic E-state index is 14.1. The van der Waals surface area contributed by atoms with Crippen LogP contribution >= 0.6 is 11.3 Å². The van der Waals surface area contributed by atoms with Crippen LogP contribution in [0, 0.1) is 11.6 Å². The van der Waals surface area contributed by atoms with Crippen molar-refractivity contribution in [1.29, 1.82) is 0 Å². The first-order valence-corrected chi connectivity index (χ1v) is 11.9. The van der Waals surface area contributed by atoms with E-state index in [1.54, 1.807) is 0 Å². The predicted molar refractivity (Wildman–Crippen MR) is 110 cm³/mol. The summed E-state index contributed by atoms with van der Waals surface area (Å²) < 4.78 is 57.4. The minimum absolute atomic E-state index is 0.0165. The first kappa shape index (κ1) is 20.8. The minimum Gasteiger partial charge on any atom is -0.376 e. The summed E-state index contributed by atoms with van der Waals surface area (Å²) >= 11 is 0.990. The Morgan fingerprint density at radius 1 is 1.30 bits per heavy atom. The number of hydrogen-bond donors (Lipinski definition) is 0. The van der Waals surface area contributed by atoms with Gasteiger partial charge in [-0.25, -0.2) is 22.2 Å². The lowest BCUT2D eigenvalue weighted by atomic mass is 10.2. The van der Waals surface area contributed by atoms with E-state index in [4.69, 9.17) is 4.74 Å². The van der Waals surface area contributed by atoms with E-state index in [9.17, 15) is 22.0 Å². The van der Waals surface area contributed by atoms with Gasteiger partial charge >= 0.3 is 0 Å². The lowest BCUT2D eigenvalue weighted by molar-refractivity contribution is 0.0917. The number of hydrogen-bond acceptors (Lipinski definition) is 6. The highest BCUT2D eigenvalue weighted by Crippen LogP contribution is 2.33. The molecule has 4 rings (SSSR count). The fourth-order valence-electron chi connectivity index (χ4n) is 3.32. The molecule has 1 aliphatic heterocycles. The molecule has 1 atom stereocenters. The van der Waals surface area contributed by atoms with Crippen molar-refractivity contribution in [2.45, 2.75) is 23.8 Å². The number of fused-ring (bicyclic) bond motifs is 1. The van der Waals surface area contributed by atoms with Gasteiger partial charge in [-0.15, -0.1) is 0 Å². The third-order valence-corrected chi connectivity index (χ3v) is 6.93. The third-order valence-electron chi connectivity index (χ3n) is 4.80. The first-order valence-electron chi connectivity index (χ1n) is 9.21. The van der Waals surface area contributed by atoms with Crippen molar-refractivity contribution in [3.8, 4) is 0 Å². The molecule has 1 amide bonds. The van der Waals surface area contributed by atoms with Crippen LogP contribution in [0.25, 0.3) is 10.2 Å². The molecule has 1 fully saturated rings. The van der Waals surface area contributed by atoms with Gasteiger partial charge in [0.25, 0.3) is 5.91 Å². The summed E-state index contributed by atoms with van der Waals surface area (Å²) in [6.07, 6.45) is 2.45. The summed E-state index contributed by atoms with van der Waals surface area (Å²) in [4.78, 5) is 18.9. The molecular weight excluding hydrogens is 434 g/mol. The Kier molecular flexibility index (Phi) is 5.56. The van der Waals surface area contributed by atoms with Crippen molar-refractivity contribution in [1.82, 2.24) is 4.98 Å². The Morgan fingerprint density at radius 3 is 2.80 bits per heavy atom. The molecule has 1 unspecified atom stereocenters. The van der Waals surface area contributed by atoms with Crippen LogP contribution in [0.5, 0.6) is 0 Å². The summed E-state index contributed by atoms with van der Waals surface area (Å²) in [5, 5.41) is 0.194. The molecule has 0 saturated carbocycles. The number of sulfone groups is 1. The molecule has 0 radical (unpaired) electrons. The monoisotopic (exact) mass is 452 g/mol. The number of benzene rings is 2. The number of carbonyl (C=O) groups excluding carboxylic acids is 1. The molecule has 2 heterocycles. The van der Waals surface area contributed by atoms with Crippen LogP contribution in [-0.2, 0) is 14.6 Å². The minimum atomic E-state index is -3.50. The summed E-state index contributed by atoms with van der Waals surface area (Å²) in [6, 6.07) is 7.61. The molecule has 0 N–H and O–H groups in total. The molecule has 0 spiro atoms. The van der Waals surface area contributed by atoms with Crippen LogP contribution in [0.15, 0.2) is 41.3 Å². The first-order chi connectivity index (χ1) is 14.2. The second-order valence-corrected chi connectivity index (χ2v) is 10.1. The van der Waals surface area contributed by atoms with E-state index < -0.39 is 27.4 Å². The van der Waals surface area contributed by atoms with Crippen molar-refractivity contribution in [2.24, 2.45) is 0 Å². The summed E-state index contributed by atoms with van der Waals surface area (Å²) in [5.74, 6) is -2.03. The quantitative estimate of drug-likeness (QED) is 0.589. The maximum atomic E-state index is 14.1. The van der Waals surface area contributed by atoms with Crippen LogP contribution in [0.4, 0.5) is 13.9 Å². The summed E-state index contributed by atoms with van der Waals surface area (Å²) in [7, 11) is -3.50. The topological polar surface area (TPSA) is 76.6 Å². The Bertz CT molecular complexity index is 1220. The maximum Gasteiger partial charge on any atom is 0.260 e. The van der Waals surface area contributed by atoms with Crippen molar-refractivity contribution in [3.63, 3.8) is 0 Å². The molecule has 1 aromatic heterocycles. The zero-order chi connectivity index (χ0) is 21.5. The smallest absolute Gasteiger partial charge is 0.260 e. The SMILES string of the molecule is CS(=O)(=O)c1cccc(C(=O)N(CC2CCCO2)c2nc3c(F)cc(F)cc3s2)c1. The van der Waals surface area contributed by atoms with Crippen LogP contribution in [0.2, 0.25) is 0 Å². The molecule has 0 aliphatic carbocycles. The average molecular weight is 453 g/mol. The Balaban J connectivity index is 1.77. The van der Waals surface area contributed by atoms with E-state index >= 15 is 0 Å². The van der Waals surface area contributed by atoms with Crippen molar-refractivity contribution in [2.75, 3.05) is 24.3 Å². The Morgan fingerprint density at radius 2 is 2.10 bits per heavy atom. The molecule has 6 nitrogen and oxygen atoms in total. The molecule has 10 heteroatoms. The van der Waals surface area contributed by atoms with Crippen LogP contribution in [0.3, 0.4) is 0 Å². The zero-order valence-electron chi connectivity index (χ0n) is 16.0. The van der Waals surface area contributed by atoms with E-state index in [0.717, 1.165) is 36.5 Å². The Labute approximate surface area is 176 Å². The number of ether oxygens (including phenoxy) is 1. The van der Waals surface area contributed by atoms with Crippen LogP contribution < -0.4 is 4.90 Å². The second kappa shape index (κ2) is 8.01. The largest absolute Gasteiger partial charge is 0.376 e. The molecule has 30 heavy (non-hydrogen) atoms. The number of anilines is 1. The highest BCUT2D eigenvalue weighted by atomic mass is 32.2. The highest BCUT2D eigenvalue weighted by molar-refractivity contribution is 7.90. The van der Waals surface area contributed by atoms with E-state index in [-0.39, 0.29) is 38.5 Å². The molecule has 1 aliphatic rings. The molecule has 158 valence electrons. The normalized spacial score (nSPS) is 16.8. The average Bonchev–Trinajstić information content (AvgIpc) is 3.34. The van der Waals surface area contributed by atoms with Crippen LogP contribution in [0.1, 0.15) is 23.2 Å². The number of halogens is 2. The third kappa shape index (κ3) is 4.21. The van der Waals surface area contributed by atoms with E-state index in [0.29, 0.717) is 6.61 Å². The van der Waals surface area contributed by atoms with Crippen molar-refractivity contribution < 1.29 is 26.7 Å². The fourth-order valence-corrected chi connectivity index (χ4v) is 5.00. The van der Waals surface area contributed by atoms with Gasteiger partial charge in [-0.1, -0.05) is 17.4 Å². The van der Waals surface area contributed by atoms with Gasteiger partial charge in [0.2, 0.25) is 0 Å². The molecule has 0 bridgehead atoms. The number of carbonyl (C=O) groups is 1. The van der Waals surface area contributed by atoms with E-state index in [1.165, 1.54) is 35.2 Å². The summed E-state index contributed by atoms with van der Waals surface area (Å²) in [5.41, 5.74) is 0.133. The van der Waals surface area contributed by atoms with Crippen LogP contribution in [-0.4, -0.2) is 44.8 Å². The van der Waals surface area contributed by atoms with Gasteiger partial charge in [0.15, 0.2) is 20.8 Å². The van der Waals surface area contributed by atoms with E-state index in [2.05, 4.69) is 4.98 Å². The standard InChI is InChI=1S/C20H18F2N2O4S2/c1-30(26,27)15-6-2-4-12(8-15)19(25)24(11-14-5-3-7-28-14)20-23-18-16(22)9-13(21)10-17(18)29-20/h2,4,6,8-10,14H,3,5,7,11H2,1H3. The molecule has 3 aromatic rings. The predicted octanol–water partition coefficient (Wildman–Crippen LogP) is 3.80. The van der Waals surface area contributed by atoms with Gasteiger partial charge < -0.3 is 4.74 Å². The van der Waals surface area contributed by atoms with Gasteiger partial charge in [0, 0.05) is 24.5 Å². The van der Waals surface area contributed by atoms with Gasteiger partial charge in [-0.2, -0.15) is 0 Å². The van der Waals surface area contributed by atoms with Gasteiger partial charge in [-0.05, 0) is 37.1 Å². The number of amides is 1. The zero-order valence-corrected chi connectivity index (χ0v) is 17.6. The number of nitrogens with zero attached hydrogens (tertiary/aromatic N) is 2. The molecular formula is C20H18F2N2O4S2. The summed E-state index contributed by atoms with van der Waals surface area (Å²) in [6.45, 7) is 0.752. The number of thiazole rings is 1. The second-order valence-electron chi connectivity index (χ2n) is 7.08. The van der Waals surface area contributed by atoms with Crippen molar-refractivity contribution >= 4 is 42.4 Å². The number of rotatable bonds is 5. The molecule has 2 aromatic carbocycles. The van der Waals surface area contributed by atoms with Crippen molar-refractivity contribution in [3.05, 3.63) is 53.6 Å². The van der Waals surface area contributed by atoms with E-state index in [1.807, 2.05) is 0 Å². The molecule has 1 saturated heterocycles. The Hall–Kier alpha value is -2.43. The van der Waals surface area contributed by atoms with Gasteiger partial charge in [0.1, 0.15) is 11.3 Å². The number of aromatic nitrogens is 1.